The van der Waals surface area contributed by atoms with Crippen LogP contribution < -0.4 is 0 Å². The van der Waals surface area contributed by atoms with E-state index in [2.05, 4.69) is 43.3 Å². The third-order valence-electron chi connectivity index (χ3n) is 3.81. The maximum absolute atomic E-state index is 10.2. The van der Waals surface area contributed by atoms with Crippen LogP contribution in [0.15, 0.2) is 60.7 Å². The van der Waals surface area contributed by atoms with Gasteiger partial charge in [0.15, 0.2) is 0 Å². The van der Waals surface area contributed by atoms with E-state index in [0.717, 1.165) is 6.42 Å². The monoisotopic (exact) mass is 254 g/mol. The van der Waals surface area contributed by atoms with Gasteiger partial charge in [0.05, 0.1) is 6.10 Å². The molecule has 1 nitrogen and oxygen atoms in total. The largest absolute Gasteiger partial charge is 0.393 e. The molecule has 3 atom stereocenters. The van der Waals surface area contributed by atoms with Crippen LogP contribution in [0.4, 0.5) is 0 Å². The third kappa shape index (κ3) is 3.24. The first-order valence-electron chi connectivity index (χ1n) is 7.02. The van der Waals surface area contributed by atoms with Gasteiger partial charge in [0.2, 0.25) is 0 Å². The van der Waals surface area contributed by atoms with Crippen molar-refractivity contribution in [1.29, 1.82) is 0 Å². The van der Waals surface area contributed by atoms with Crippen molar-refractivity contribution in [2.45, 2.75) is 38.2 Å². The van der Waals surface area contributed by atoms with Crippen LogP contribution in [-0.4, -0.2) is 11.2 Å². The zero-order valence-electron chi connectivity index (χ0n) is 11.7. The van der Waals surface area contributed by atoms with Crippen molar-refractivity contribution in [2.75, 3.05) is 0 Å². The maximum atomic E-state index is 10.2. The third-order valence-corrected chi connectivity index (χ3v) is 3.81. The van der Waals surface area contributed by atoms with E-state index in [1.165, 1.54) is 11.1 Å². The number of rotatable bonds is 5. The zero-order valence-corrected chi connectivity index (χ0v) is 11.7. The summed E-state index contributed by atoms with van der Waals surface area (Å²) in [4.78, 5) is 0. The lowest BCUT2D eigenvalue weighted by Gasteiger charge is -2.29. The minimum Gasteiger partial charge on any atom is -0.393 e. The van der Waals surface area contributed by atoms with Crippen LogP contribution >= 0.6 is 0 Å². The molecule has 0 aliphatic rings. The molecule has 2 aromatic carbocycles. The molecule has 0 saturated carbocycles. The highest BCUT2D eigenvalue weighted by Gasteiger charge is 2.27. The fourth-order valence-electron chi connectivity index (χ4n) is 2.92. The van der Waals surface area contributed by atoms with E-state index >= 15 is 0 Å². The summed E-state index contributed by atoms with van der Waals surface area (Å²) in [5, 5.41) is 10.2. The summed E-state index contributed by atoms with van der Waals surface area (Å²) in [6.45, 7) is 4.08. The van der Waals surface area contributed by atoms with Crippen molar-refractivity contribution in [1.82, 2.24) is 0 Å². The average Bonchev–Trinajstić information content (AvgIpc) is 2.46. The molecule has 0 radical (unpaired) electrons. The lowest BCUT2D eigenvalue weighted by Crippen LogP contribution is -2.22. The van der Waals surface area contributed by atoms with Crippen LogP contribution in [-0.2, 0) is 0 Å². The minimum atomic E-state index is -0.354. The molecule has 0 saturated heterocycles. The van der Waals surface area contributed by atoms with E-state index in [0.29, 0.717) is 5.92 Å². The first-order chi connectivity index (χ1) is 9.24. The number of hydrogen-bond acceptors (Lipinski definition) is 1. The van der Waals surface area contributed by atoms with E-state index in [1.54, 1.807) is 0 Å². The molecule has 1 heteroatoms. The van der Waals surface area contributed by atoms with Gasteiger partial charge >= 0.3 is 0 Å². The topological polar surface area (TPSA) is 20.2 Å². The summed E-state index contributed by atoms with van der Waals surface area (Å²) < 4.78 is 0. The van der Waals surface area contributed by atoms with Crippen molar-refractivity contribution in [3.05, 3.63) is 71.8 Å². The predicted octanol–water partition coefficient (Wildman–Crippen LogP) is 4.34. The molecule has 0 aromatic heterocycles. The molecule has 1 N–H and O–H groups in total. The summed E-state index contributed by atoms with van der Waals surface area (Å²) in [5.41, 5.74) is 2.52. The Morgan fingerprint density at radius 1 is 0.842 bits per heavy atom. The van der Waals surface area contributed by atoms with Crippen LogP contribution in [0.1, 0.15) is 43.2 Å². The maximum Gasteiger partial charge on any atom is 0.0586 e. The lowest BCUT2D eigenvalue weighted by molar-refractivity contribution is 0.147. The second-order valence-electron chi connectivity index (χ2n) is 5.10. The van der Waals surface area contributed by atoms with Crippen molar-refractivity contribution < 1.29 is 5.11 Å². The van der Waals surface area contributed by atoms with E-state index in [1.807, 2.05) is 31.2 Å². The number of hydrogen-bond donors (Lipinski definition) is 1. The van der Waals surface area contributed by atoms with Gasteiger partial charge in [-0.3, -0.25) is 0 Å². The molecule has 2 aromatic rings. The molecule has 0 aliphatic carbocycles. The van der Waals surface area contributed by atoms with E-state index in [9.17, 15) is 5.11 Å². The van der Waals surface area contributed by atoms with Gasteiger partial charge in [-0.05, 0) is 30.4 Å². The van der Waals surface area contributed by atoms with Gasteiger partial charge in [-0.25, -0.2) is 0 Å². The number of aliphatic hydroxyl groups excluding tert-OH is 1. The van der Waals surface area contributed by atoms with Gasteiger partial charge in [-0.2, -0.15) is 0 Å². The van der Waals surface area contributed by atoms with Gasteiger partial charge in [-0.1, -0.05) is 67.6 Å². The van der Waals surface area contributed by atoms with Crippen LogP contribution in [0.2, 0.25) is 0 Å². The second kappa shape index (κ2) is 6.53. The van der Waals surface area contributed by atoms with Gasteiger partial charge in [0, 0.05) is 5.92 Å². The Balaban J connectivity index is 2.38. The van der Waals surface area contributed by atoms with Crippen LogP contribution in [0.25, 0.3) is 0 Å². The van der Waals surface area contributed by atoms with Crippen molar-refractivity contribution in [3.8, 4) is 0 Å². The molecule has 0 heterocycles. The lowest BCUT2D eigenvalue weighted by atomic mass is 9.77. The Hall–Kier alpha value is -1.60. The summed E-state index contributed by atoms with van der Waals surface area (Å²) in [5.74, 6) is 0.497. The smallest absolute Gasteiger partial charge is 0.0586 e. The molecule has 2 rings (SSSR count). The minimum absolute atomic E-state index is 0.147. The molecule has 0 spiro atoms. The van der Waals surface area contributed by atoms with Gasteiger partial charge in [0.1, 0.15) is 0 Å². The predicted molar refractivity (Wildman–Crippen MR) is 80.3 cm³/mol. The molecule has 0 aliphatic heterocycles. The van der Waals surface area contributed by atoms with E-state index in [4.69, 9.17) is 0 Å². The molecule has 0 fully saturated rings. The summed E-state index contributed by atoms with van der Waals surface area (Å²) in [6.07, 6.45) is 0.668. The molecule has 0 bridgehead atoms. The van der Waals surface area contributed by atoms with Crippen molar-refractivity contribution in [3.63, 3.8) is 0 Å². The fourth-order valence-corrected chi connectivity index (χ4v) is 2.92. The molecular formula is C18H22O. The summed E-state index contributed by atoms with van der Waals surface area (Å²) >= 11 is 0. The molecule has 19 heavy (non-hydrogen) atoms. The normalized spacial score (nSPS) is 15.7. The van der Waals surface area contributed by atoms with Gasteiger partial charge in [-0.15, -0.1) is 0 Å². The molecule has 0 unspecified atom stereocenters. The highest BCUT2D eigenvalue weighted by Crippen LogP contribution is 2.37. The van der Waals surface area contributed by atoms with Crippen molar-refractivity contribution in [2.24, 2.45) is 0 Å². The van der Waals surface area contributed by atoms with Crippen molar-refractivity contribution >= 4 is 0 Å². The molecule has 0 amide bonds. The van der Waals surface area contributed by atoms with Gasteiger partial charge < -0.3 is 5.11 Å². The Morgan fingerprint density at radius 3 is 1.74 bits per heavy atom. The Labute approximate surface area is 115 Å². The highest BCUT2D eigenvalue weighted by atomic mass is 16.3. The van der Waals surface area contributed by atoms with E-state index in [-0.39, 0.29) is 12.0 Å². The standard InChI is InChI=1S/C18H22O/c1-3-17(15-10-6-4-7-11-15)18(14(2)19)16-12-8-5-9-13-16/h4-14,17-19H,3H2,1-2H3/t14-,17-,18+/m0/s1. The van der Waals surface area contributed by atoms with Crippen LogP contribution in [0.3, 0.4) is 0 Å². The Morgan fingerprint density at radius 2 is 1.32 bits per heavy atom. The first-order valence-corrected chi connectivity index (χ1v) is 7.02. The number of benzene rings is 2. The zero-order chi connectivity index (χ0) is 13.7. The quantitative estimate of drug-likeness (QED) is 0.841. The first kappa shape index (κ1) is 13.8. The summed E-state index contributed by atoms with van der Waals surface area (Å²) in [7, 11) is 0. The van der Waals surface area contributed by atoms with Crippen LogP contribution in [0, 0.1) is 0 Å². The van der Waals surface area contributed by atoms with E-state index < -0.39 is 0 Å². The Kier molecular flexibility index (Phi) is 4.75. The SMILES string of the molecule is CC[C@@H](c1ccccc1)[C@@H](c1ccccc1)[C@H](C)O. The number of aliphatic hydroxyl groups is 1. The molecular weight excluding hydrogens is 232 g/mol. The summed E-state index contributed by atoms with van der Waals surface area (Å²) in [6, 6.07) is 20.8. The average molecular weight is 254 g/mol. The highest BCUT2D eigenvalue weighted by molar-refractivity contribution is 5.29. The fraction of sp³-hybridized carbons (Fsp3) is 0.333. The second-order valence-corrected chi connectivity index (χ2v) is 5.10. The van der Waals surface area contributed by atoms with Crippen LogP contribution in [0.5, 0.6) is 0 Å². The Bertz CT molecular complexity index is 476. The van der Waals surface area contributed by atoms with Gasteiger partial charge in [0.25, 0.3) is 0 Å². The molecule has 100 valence electrons.